The molecule has 0 heterocycles. The number of carbonyl (C=O) groups is 2. The largest absolute Gasteiger partial charge is 0.398 e. The molecule has 3 aromatic carbocycles. The van der Waals surface area contributed by atoms with Gasteiger partial charge in [-0.25, -0.2) is 0 Å². The zero-order valence-corrected chi connectivity index (χ0v) is 12.9. The van der Waals surface area contributed by atoms with Crippen LogP contribution in [0.1, 0.15) is 31.8 Å². The molecule has 0 saturated carbocycles. The topological polar surface area (TPSA) is 86.2 Å². The quantitative estimate of drug-likeness (QED) is 0.571. The molecular formula is C20H16N2O2. The Labute approximate surface area is 139 Å². The van der Waals surface area contributed by atoms with E-state index >= 15 is 0 Å². The molecule has 0 aliphatic heterocycles. The van der Waals surface area contributed by atoms with Crippen LogP contribution >= 0.6 is 0 Å². The number of para-hydroxylation sites is 1. The van der Waals surface area contributed by atoms with Crippen LogP contribution in [0, 0.1) is 0 Å². The maximum atomic E-state index is 12.6. The molecule has 0 aromatic heterocycles. The van der Waals surface area contributed by atoms with Crippen molar-refractivity contribution >= 4 is 22.9 Å². The molecule has 4 N–H and O–H groups in total. The van der Waals surface area contributed by atoms with E-state index in [1.165, 1.54) is 6.07 Å². The molecule has 0 bridgehead atoms. The van der Waals surface area contributed by atoms with Crippen LogP contribution in [-0.4, -0.2) is 11.6 Å². The lowest BCUT2D eigenvalue weighted by Gasteiger charge is -2.09. The van der Waals surface area contributed by atoms with E-state index in [2.05, 4.69) is 0 Å². The number of ketones is 2. The standard InChI is InChI=1S/C20H16N2O2/c21-17-9-5-4-8-15(17)20(24)16-11-10-14(12-18(16)22)19(23)13-6-2-1-3-7-13/h1-12H,21-22H2. The maximum absolute atomic E-state index is 12.6. The normalized spacial score (nSPS) is 10.3. The predicted octanol–water partition coefficient (Wildman–Crippen LogP) is 3.31. The summed E-state index contributed by atoms with van der Waals surface area (Å²) in [6, 6.07) is 20.4. The van der Waals surface area contributed by atoms with Crippen molar-refractivity contribution in [2.75, 3.05) is 11.5 Å². The average molecular weight is 316 g/mol. The van der Waals surface area contributed by atoms with Gasteiger partial charge in [0.05, 0.1) is 0 Å². The Balaban J connectivity index is 1.95. The van der Waals surface area contributed by atoms with E-state index in [1.54, 1.807) is 60.7 Å². The summed E-state index contributed by atoms with van der Waals surface area (Å²) >= 11 is 0. The number of rotatable bonds is 4. The highest BCUT2D eigenvalue weighted by Gasteiger charge is 2.17. The summed E-state index contributed by atoms with van der Waals surface area (Å²) in [6.07, 6.45) is 0. The van der Waals surface area contributed by atoms with Crippen LogP contribution in [-0.2, 0) is 0 Å². The third-order valence-corrected chi connectivity index (χ3v) is 3.80. The first kappa shape index (κ1) is 15.5. The molecule has 0 saturated heterocycles. The summed E-state index contributed by atoms with van der Waals surface area (Å²) in [7, 11) is 0. The van der Waals surface area contributed by atoms with Gasteiger partial charge in [0.15, 0.2) is 11.6 Å². The Bertz CT molecular complexity index is 918. The van der Waals surface area contributed by atoms with Gasteiger partial charge < -0.3 is 11.5 Å². The molecule has 3 aromatic rings. The first-order valence-electron chi connectivity index (χ1n) is 7.46. The van der Waals surface area contributed by atoms with E-state index in [4.69, 9.17) is 11.5 Å². The average Bonchev–Trinajstić information content (AvgIpc) is 2.61. The number of nitrogen functional groups attached to an aromatic ring is 2. The summed E-state index contributed by atoms with van der Waals surface area (Å²) in [5, 5.41) is 0. The molecule has 118 valence electrons. The van der Waals surface area contributed by atoms with Gasteiger partial charge in [0.25, 0.3) is 0 Å². The number of carbonyl (C=O) groups excluding carboxylic acids is 2. The number of nitrogens with two attached hydrogens (primary N) is 2. The second-order valence-corrected chi connectivity index (χ2v) is 5.41. The van der Waals surface area contributed by atoms with Gasteiger partial charge in [-0.15, -0.1) is 0 Å². The van der Waals surface area contributed by atoms with Crippen molar-refractivity contribution in [3.05, 3.63) is 95.1 Å². The van der Waals surface area contributed by atoms with Crippen molar-refractivity contribution in [2.45, 2.75) is 0 Å². The summed E-state index contributed by atoms with van der Waals surface area (Å²) in [5.41, 5.74) is 14.2. The maximum Gasteiger partial charge on any atom is 0.197 e. The smallest absolute Gasteiger partial charge is 0.197 e. The van der Waals surface area contributed by atoms with Crippen molar-refractivity contribution in [1.29, 1.82) is 0 Å². The molecule has 4 heteroatoms. The third-order valence-electron chi connectivity index (χ3n) is 3.80. The summed E-state index contributed by atoms with van der Waals surface area (Å²) in [4.78, 5) is 25.0. The van der Waals surface area contributed by atoms with Gasteiger partial charge in [-0.1, -0.05) is 48.5 Å². The number of benzene rings is 3. The van der Waals surface area contributed by atoms with Gasteiger partial charge in [-0.3, -0.25) is 9.59 Å². The summed E-state index contributed by atoms with van der Waals surface area (Å²) in [5.74, 6) is -0.398. The Morgan fingerprint density at radius 1 is 0.583 bits per heavy atom. The highest BCUT2D eigenvalue weighted by Crippen LogP contribution is 2.22. The molecule has 0 aliphatic carbocycles. The zero-order chi connectivity index (χ0) is 17.1. The van der Waals surface area contributed by atoms with Crippen LogP contribution in [0.15, 0.2) is 72.8 Å². The van der Waals surface area contributed by atoms with Crippen LogP contribution in [0.4, 0.5) is 11.4 Å². The van der Waals surface area contributed by atoms with Crippen LogP contribution in [0.5, 0.6) is 0 Å². The van der Waals surface area contributed by atoms with E-state index in [9.17, 15) is 9.59 Å². The predicted molar refractivity (Wildman–Crippen MR) is 95.0 cm³/mol. The van der Waals surface area contributed by atoms with E-state index in [-0.39, 0.29) is 17.3 Å². The van der Waals surface area contributed by atoms with Gasteiger partial charge in [-0.2, -0.15) is 0 Å². The Morgan fingerprint density at radius 2 is 1.21 bits per heavy atom. The highest BCUT2D eigenvalue weighted by atomic mass is 16.1. The van der Waals surface area contributed by atoms with Crippen LogP contribution in [0.3, 0.4) is 0 Å². The van der Waals surface area contributed by atoms with Crippen LogP contribution in [0.25, 0.3) is 0 Å². The van der Waals surface area contributed by atoms with Crippen molar-refractivity contribution in [3.63, 3.8) is 0 Å². The van der Waals surface area contributed by atoms with Gasteiger partial charge in [0, 0.05) is 33.6 Å². The van der Waals surface area contributed by atoms with Gasteiger partial charge in [-0.05, 0) is 24.3 Å². The molecule has 0 atom stereocenters. The van der Waals surface area contributed by atoms with E-state index in [0.29, 0.717) is 27.9 Å². The minimum Gasteiger partial charge on any atom is -0.398 e. The monoisotopic (exact) mass is 316 g/mol. The van der Waals surface area contributed by atoms with Gasteiger partial charge in [0.2, 0.25) is 0 Å². The van der Waals surface area contributed by atoms with E-state index in [0.717, 1.165) is 0 Å². The van der Waals surface area contributed by atoms with Crippen molar-refractivity contribution < 1.29 is 9.59 Å². The summed E-state index contributed by atoms with van der Waals surface area (Å²) < 4.78 is 0. The minimum absolute atomic E-state index is 0.138. The fourth-order valence-corrected chi connectivity index (χ4v) is 2.52. The lowest BCUT2D eigenvalue weighted by Crippen LogP contribution is -2.10. The fraction of sp³-hybridized carbons (Fsp3) is 0. The molecule has 24 heavy (non-hydrogen) atoms. The zero-order valence-electron chi connectivity index (χ0n) is 12.9. The second kappa shape index (κ2) is 6.38. The molecule has 0 spiro atoms. The molecule has 4 nitrogen and oxygen atoms in total. The Kier molecular flexibility index (Phi) is 4.12. The number of hydrogen-bond donors (Lipinski definition) is 2. The van der Waals surface area contributed by atoms with Gasteiger partial charge >= 0.3 is 0 Å². The molecule has 0 radical (unpaired) electrons. The van der Waals surface area contributed by atoms with Crippen molar-refractivity contribution in [1.82, 2.24) is 0 Å². The summed E-state index contributed by atoms with van der Waals surface area (Å²) in [6.45, 7) is 0. The third kappa shape index (κ3) is 2.90. The number of hydrogen-bond acceptors (Lipinski definition) is 4. The molecule has 0 aliphatic rings. The Hall–Kier alpha value is -3.40. The second-order valence-electron chi connectivity index (χ2n) is 5.41. The van der Waals surface area contributed by atoms with Crippen molar-refractivity contribution in [2.24, 2.45) is 0 Å². The van der Waals surface area contributed by atoms with Crippen LogP contribution < -0.4 is 11.5 Å². The SMILES string of the molecule is Nc1ccccc1C(=O)c1ccc(C(=O)c2ccccc2)cc1N. The Morgan fingerprint density at radius 3 is 1.88 bits per heavy atom. The highest BCUT2D eigenvalue weighted by molar-refractivity contribution is 6.16. The van der Waals surface area contributed by atoms with Gasteiger partial charge in [0.1, 0.15) is 0 Å². The molecule has 3 rings (SSSR count). The lowest BCUT2D eigenvalue weighted by atomic mass is 9.96. The molecule has 0 fully saturated rings. The molecule has 0 unspecified atom stereocenters. The molecule has 0 amide bonds. The lowest BCUT2D eigenvalue weighted by molar-refractivity contribution is 0.102. The number of anilines is 2. The molecular weight excluding hydrogens is 300 g/mol. The van der Waals surface area contributed by atoms with E-state index < -0.39 is 0 Å². The minimum atomic E-state index is -0.260. The first-order chi connectivity index (χ1) is 11.6. The first-order valence-corrected chi connectivity index (χ1v) is 7.46. The fourth-order valence-electron chi connectivity index (χ4n) is 2.52. The van der Waals surface area contributed by atoms with E-state index in [1.807, 2.05) is 6.07 Å². The van der Waals surface area contributed by atoms with Crippen LogP contribution in [0.2, 0.25) is 0 Å². The van der Waals surface area contributed by atoms with Crippen molar-refractivity contribution in [3.8, 4) is 0 Å².